The van der Waals surface area contributed by atoms with E-state index in [0.29, 0.717) is 17.3 Å². The van der Waals surface area contributed by atoms with Crippen LogP contribution < -0.4 is 5.73 Å². The minimum Gasteiger partial charge on any atom is -0.396 e. The van der Waals surface area contributed by atoms with E-state index in [-0.39, 0.29) is 11.7 Å². The summed E-state index contributed by atoms with van der Waals surface area (Å²) in [5.74, 6) is 0.633. The highest BCUT2D eigenvalue weighted by molar-refractivity contribution is 5.60. The topological polar surface area (TPSA) is 71.4 Å². The minimum atomic E-state index is -0.443. The molecule has 1 unspecified atom stereocenters. The maximum absolute atomic E-state index is 13.2. The van der Waals surface area contributed by atoms with Gasteiger partial charge in [0.15, 0.2) is 5.82 Å². The van der Waals surface area contributed by atoms with E-state index < -0.39 is 5.82 Å². The fourth-order valence-corrected chi connectivity index (χ4v) is 3.03. The molecule has 0 aliphatic carbocycles. The summed E-state index contributed by atoms with van der Waals surface area (Å²) >= 11 is 0. The van der Waals surface area contributed by atoms with E-state index in [1.165, 1.54) is 12.1 Å². The first-order valence-electron chi connectivity index (χ1n) is 7.06. The van der Waals surface area contributed by atoms with Crippen molar-refractivity contribution in [2.45, 2.75) is 6.04 Å². The van der Waals surface area contributed by atoms with Crippen molar-refractivity contribution >= 4 is 5.69 Å². The Labute approximate surface area is 121 Å². The number of halogens is 1. The summed E-state index contributed by atoms with van der Waals surface area (Å²) in [4.78, 5) is 9.27. The fourth-order valence-electron chi connectivity index (χ4n) is 3.03. The summed E-state index contributed by atoms with van der Waals surface area (Å²) in [6.07, 6.45) is 0. The number of nitrogens with zero attached hydrogens (tertiary/aromatic N) is 4. The van der Waals surface area contributed by atoms with Gasteiger partial charge in [-0.3, -0.25) is 9.80 Å². The zero-order valence-corrected chi connectivity index (χ0v) is 11.5. The molecule has 3 aliphatic rings. The molecule has 0 radical (unpaired) electrons. The van der Waals surface area contributed by atoms with Gasteiger partial charge in [0, 0.05) is 38.3 Å². The Bertz CT molecular complexity index is 665. The maximum Gasteiger partial charge on any atom is 0.258 e. The number of benzene rings is 1. The zero-order chi connectivity index (χ0) is 14.4. The van der Waals surface area contributed by atoms with Crippen molar-refractivity contribution in [2.75, 3.05) is 38.5 Å². The molecular weight excluding hydrogens is 273 g/mol. The van der Waals surface area contributed by atoms with Crippen molar-refractivity contribution in [3.05, 3.63) is 29.8 Å². The van der Waals surface area contributed by atoms with E-state index in [1.54, 1.807) is 6.07 Å². The van der Waals surface area contributed by atoms with Crippen molar-refractivity contribution in [3.63, 3.8) is 0 Å². The number of hydrogen-bond donors (Lipinski definition) is 1. The molecule has 2 N–H and O–H groups in total. The van der Waals surface area contributed by atoms with Crippen LogP contribution in [0.5, 0.6) is 0 Å². The number of nitrogen functional groups attached to an aromatic ring is 1. The number of hydrogen-bond acceptors (Lipinski definition) is 6. The third-order valence-electron chi connectivity index (χ3n) is 4.26. The van der Waals surface area contributed by atoms with Gasteiger partial charge < -0.3 is 10.3 Å². The van der Waals surface area contributed by atoms with Gasteiger partial charge in [-0.25, -0.2) is 4.39 Å². The van der Waals surface area contributed by atoms with Crippen LogP contribution in [0.25, 0.3) is 11.5 Å². The van der Waals surface area contributed by atoms with Gasteiger partial charge in [-0.15, -0.1) is 0 Å². The first kappa shape index (κ1) is 12.7. The number of piperazine rings is 3. The summed E-state index contributed by atoms with van der Waals surface area (Å²) in [5.41, 5.74) is 6.30. The van der Waals surface area contributed by atoms with Crippen LogP contribution in [-0.2, 0) is 0 Å². The Morgan fingerprint density at radius 2 is 2.05 bits per heavy atom. The second-order valence-electron chi connectivity index (χ2n) is 5.55. The van der Waals surface area contributed by atoms with Crippen LogP contribution in [0.15, 0.2) is 22.7 Å². The first-order valence-corrected chi connectivity index (χ1v) is 7.06. The molecule has 7 heteroatoms. The molecule has 2 aromatic rings. The predicted molar refractivity (Wildman–Crippen MR) is 74.9 cm³/mol. The van der Waals surface area contributed by atoms with Crippen LogP contribution in [0.2, 0.25) is 0 Å². The molecule has 0 saturated carbocycles. The lowest BCUT2D eigenvalue weighted by Gasteiger charge is -2.46. The minimum absolute atomic E-state index is 0.0823. The molecule has 3 aliphatic heterocycles. The van der Waals surface area contributed by atoms with Crippen LogP contribution in [0.1, 0.15) is 11.9 Å². The lowest BCUT2D eigenvalue weighted by Crippen LogP contribution is -2.57. The molecule has 0 amide bonds. The van der Waals surface area contributed by atoms with Gasteiger partial charge in [0.1, 0.15) is 5.82 Å². The van der Waals surface area contributed by atoms with Crippen LogP contribution in [0.4, 0.5) is 10.1 Å². The van der Waals surface area contributed by atoms with Crippen LogP contribution in [0, 0.1) is 5.82 Å². The molecular formula is C14H16FN5O. The molecule has 0 spiro atoms. The highest BCUT2D eigenvalue weighted by Crippen LogP contribution is 2.29. The third-order valence-corrected chi connectivity index (χ3v) is 4.26. The Balaban J connectivity index is 1.62. The summed E-state index contributed by atoms with van der Waals surface area (Å²) in [7, 11) is 0. The summed E-state index contributed by atoms with van der Waals surface area (Å²) in [6, 6.07) is 4.61. The van der Waals surface area contributed by atoms with Gasteiger partial charge in [0.05, 0.1) is 11.7 Å². The SMILES string of the molecule is Nc1cc(-c2nc(C3CN4CCN3CC4)no2)ccc1F. The van der Waals surface area contributed by atoms with E-state index in [4.69, 9.17) is 10.3 Å². The zero-order valence-electron chi connectivity index (χ0n) is 11.5. The molecule has 2 bridgehead atoms. The van der Waals surface area contributed by atoms with Gasteiger partial charge in [-0.05, 0) is 18.2 Å². The van der Waals surface area contributed by atoms with Gasteiger partial charge in [-0.1, -0.05) is 5.16 Å². The van der Waals surface area contributed by atoms with E-state index in [9.17, 15) is 4.39 Å². The Kier molecular flexibility index (Phi) is 2.90. The monoisotopic (exact) mass is 289 g/mol. The molecule has 1 atom stereocenters. The molecule has 110 valence electrons. The van der Waals surface area contributed by atoms with Crippen molar-refractivity contribution in [3.8, 4) is 11.5 Å². The summed E-state index contributed by atoms with van der Waals surface area (Å²) in [5, 5.41) is 4.10. The largest absolute Gasteiger partial charge is 0.396 e. The summed E-state index contributed by atoms with van der Waals surface area (Å²) < 4.78 is 18.5. The second kappa shape index (κ2) is 4.78. The van der Waals surface area contributed by atoms with Crippen molar-refractivity contribution in [1.82, 2.24) is 19.9 Å². The molecule has 4 heterocycles. The molecule has 6 nitrogen and oxygen atoms in total. The highest BCUT2D eigenvalue weighted by Gasteiger charge is 2.35. The van der Waals surface area contributed by atoms with Gasteiger partial charge in [0.25, 0.3) is 5.89 Å². The quantitative estimate of drug-likeness (QED) is 0.836. The van der Waals surface area contributed by atoms with Crippen LogP contribution in [-0.4, -0.2) is 52.7 Å². The Morgan fingerprint density at radius 3 is 2.71 bits per heavy atom. The van der Waals surface area contributed by atoms with Crippen molar-refractivity contribution in [2.24, 2.45) is 0 Å². The van der Waals surface area contributed by atoms with E-state index in [0.717, 1.165) is 32.7 Å². The van der Waals surface area contributed by atoms with E-state index in [2.05, 4.69) is 19.9 Å². The molecule has 3 fully saturated rings. The van der Waals surface area contributed by atoms with Gasteiger partial charge in [0.2, 0.25) is 0 Å². The average Bonchev–Trinajstić information content (AvgIpc) is 3.01. The third kappa shape index (κ3) is 2.18. The highest BCUT2D eigenvalue weighted by atomic mass is 19.1. The van der Waals surface area contributed by atoms with E-state index in [1.807, 2.05) is 0 Å². The number of aromatic nitrogens is 2. The molecule has 21 heavy (non-hydrogen) atoms. The van der Waals surface area contributed by atoms with Crippen LogP contribution >= 0.6 is 0 Å². The number of anilines is 1. The predicted octanol–water partition coefficient (Wildman–Crippen LogP) is 1.13. The van der Waals surface area contributed by atoms with Gasteiger partial charge >= 0.3 is 0 Å². The van der Waals surface area contributed by atoms with Crippen molar-refractivity contribution in [1.29, 1.82) is 0 Å². The number of fused-ring (bicyclic) bond motifs is 3. The normalized spacial score (nSPS) is 28.0. The standard InChI is InChI=1S/C14H16FN5O/c15-10-2-1-9(7-11(10)16)14-17-13(18-21-14)12-8-19-3-5-20(12)6-4-19/h1-2,7,12H,3-6,8,16H2. The van der Waals surface area contributed by atoms with Gasteiger partial charge in [-0.2, -0.15) is 4.98 Å². The lowest BCUT2D eigenvalue weighted by molar-refractivity contribution is 0.00781. The van der Waals surface area contributed by atoms with Crippen molar-refractivity contribution < 1.29 is 8.91 Å². The lowest BCUT2D eigenvalue weighted by atomic mass is 10.1. The fraction of sp³-hybridized carbons (Fsp3) is 0.429. The number of rotatable bonds is 2. The van der Waals surface area contributed by atoms with E-state index >= 15 is 0 Å². The van der Waals surface area contributed by atoms with Crippen LogP contribution in [0.3, 0.4) is 0 Å². The smallest absolute Gasteiger partial charge is 0.258 e. The molecule has 5 rings (SSSR count). The average molecular weight is 289 g/mol. The number of nitrogens with two attached hydrogens (primary N) is 1. The Morgan fingerprint density at radius 1 is 1.24 bits per heavy atom. The Hall–Kier alpha value is -1.99. The molecule has 1 aromatic heterocycles. The second-order valence-corrected chi connectivity index (χ2v) is 5.55. The molecule has 3 saturated heterocycles. The first-order chi connectivity index (χ1) is 10.2. The maximum atomic E-state index is 13.2. The summed E-state index contributed by atoms with van der Waals surface area (Å²) in [6.45, 7) is 5.23. The molecule has 1 aromatic carbocycles.